The number of rotatable bonds is 1. The summed E-state index contributed by atoms with van der Waals surface area (Å²) in [7, 11) is 0. The lowest BCUT2D eigenvalue weighted by molar-refractivity contribution is -0.137. The van der Waals surface area contributed by atoms with Gasteiger partial charge in [0.1, 0.15) is 17.7 Å². The van der Waals surface area contributed by atoms with Gasteiger partial charge in [0, 0.05) is 5.22 Å². The fraction of sp³-hybridized carbons (Fsp3) is 0.0333. The molecule has 0 amide bonds. The normalized spacial score (nSPS) is 13.2. The SMILES string of the molecule is [C-]#[N+]C(C#N)=c1ccc(=C2C(=c3ccc(=C(C#N)C#N)cc3)/C2=C(/[N+]#[C-])c2ccc(C(F)(F)F)cc2)cc1. The van der Waals surface area contributed by atoms with Crippen LogP contribution in [0.4, 0.5) is 13.2 Å². The molecule has 8 heteroatoms. The Labute approximate surface area is 214 Å². The predicted octanol–water partition coefficient (Wildman–Crippen LogP) is 3.80. The van der Waals surface area contributed by atoms with E-state index in [1.54, 1.807) is 48.5 Å². The molecule has 0 radical (unpaired) electrons. The van der Waals surface area contributed by atoms with Crippen LogP contribution in [-0.4, -0.2) is 0 Å². The number of benzene rings is 3. The first-order valence-corrected chi connectivity index (χ1v) is 10.8. The van der Waals surface area contributed by atoms with Gasteiger partial charge in [-0.1, -0.05) is 72.8 Å². The Hall–Kier alpha value is -5.88. The van der Waals surface area contributed by atoms with Crippen LogP contribution >= 0.6 is 0 Å². The minimum absolute atomic E-state index is 0.0520. The molecule has 38 heavy (non-hydrogen) atoms. The summed E-state index contributed by atoms with van der Waals surface area (Å²) in [4.78, 5) is 6.84. The van der Waals surface area contributed by atoms with Gasteiger partial charge in [-0.05, 0) is 37.9 Å². The van der Waals surface area contributed by atoms with Crippen molar-refractivity contribution >= 4 is 28.1 Å². The second-order valence-electron chi connectivity index (χ2n) is 7.99. The molecule has 0 unspecified atom stereocenters. The molecule has 3 aromatic carbocycles. The summed E-state index contributed by atoms with van der Waals surface area (Å²) in [6.07, 6.45) is -4.51. The summed E-state index contributed by atoms with van der Waals surface area (Å²) in [6.45, 7) is 14.9. The number of hydrogen-bond acceptors (Lipinski definition) is 3. The zero-order valence-electron chi connectivity index (χ0n) is 19.3. The third kappa shape index (κ3) is 4.65. The van der Waals surface area contributed by atoms with Crippen molar-refractivity contribution in [3.8, 4) is 18.2 Å². The maximum absolute atomic E-state index is 13.1. The third-order valence-electron chi connectivity index (χ3n) is 5.87. The van der Waals surface area contributed by atoms with E-state index in [0.717, 1.165) is 12.1 Å². The van der Waals surface area contributed by atoms with Crippen LogP contribution in [0.3, 0.4) is 0 Å². The summed E-state index contributed by atoms with van der Waals surface area (Å²) < 4.78 is 39.2. The zero-order valence-corrected chi connectivity index (χ0v) is 19.3. The van der Waals surface area contributed by atoms with Crippen molar-refractivity contribution < 1.29 is 13.2 Å². The molecule has 0 aliphatic heterocycles. The molecule has 0 aromatic heterocycles. The molecule has 0 N–H and O–H groups in total. The number of allylic oxidation sites excluding steroid dienone is 1. The van der Waals surface area contributed by atoms with Crippen LogP contribution in [0.2, 0.25) is 0 Å². The molecule has 0 bridgehead atoms. The van der Waals surface area contributed by atoms with Crippen molar-refractivity contribution in [2.75, 3.05) is 0 Å². The molecule has 1 fully saturated rings. The van der Waals surface area contributed by atoms with Crippen molar-refractivity contribution in [1.82, 2.24) is 0 Å². The number of nitrogens with zero attached hydrogens (tertiary/aromatic N) is 5. The van der Waals surface area contributed by atoms with Gasteiger partial charge in [0.15, 0.2) is 0 Å². The molecule has 4 rings (SSSR count). The molecule has 1 aliphatic rings. The van der Waals surface area contributed by atoms with E-state index in [4.69, 9.17) is 28.9 Å². The highest BCUT2D eigenvalue weighted by molar-refractivity contribution is 6.33. The third-order valence-corrected chi connectivity index (χ3v) is 5.87. The molecule has 0 saturated heterocycles. The molecule has 5 nitrogen and oxygen atoms in total. The summed E-state index contributed by atoms with van der Waals surface area (Å²) in [6, 6.07) is 23.2. The average Bonchev–Trinajstić information content (AvgIpc) is 3.66. The van der Waals surface area contributed by atoms with E-state index in [0.29, 0.717) is 43.2 Å². The Bertz CT molecular complexity index is 1810. The van der Waals surface area contributed by atoms with Crippen molar-refractivity contribution in [3.63, 3.8) is 0 Å². The summed E-state index contributed by atoms with van der Waals surface area (Å²) in [5, 5.41) is 29.7. The van der Waals surface area contributed by atoms with Crippen LogP contribution < -0.4 is 20.9 Å². The molecule has 1 saturated carbocycles. The van der Waals surface area contributed by atoms with Crippen LogP contribution in [-0.2, 0) is 6.18 Å². The van der Waals surface area contributed by atoms with Gasteiger partial charge in [0.25, 0.3) is 5.70 Å². The Balaban J connectivity index is 2.04. The van der Waals surface area contributed by atoms with Crippen molar-refractivity contribution in [2.45, 2.75) is 6.18 Å². The highest BCUT2D eigenvalue weighted by Crippen LogP contribution is 2.51. The average molecular weight is 499 g/mol. The molecule has 3 aromatic rings. The number of nitriles is 3. The standard InChI is InChI=1S/C30H12F3N5/c1-37-25(17-36)19-5-9-21(10-6-19)27-26(20-7-3-18(4-8-20)23(15-34)16-35)28(27)29(38-2)22-11-13-24(14-12-22)30(31,32)33/h3-14H/b25-19?,27-21?,29-28-. The predicted molar refractivity (Wildman–Crippen MR) is 133 cm³/mol. The Morgan fingerprint density at radius 2 is 1.16 bits per heavy atom. The lowest BCUT2D eigenvalue weighted by Gasteiger charge is -2.06. The van der Waals surface area contributed by atoms with E-state index in [-0.39, 0.29) is 17.0 Å². The Morgan fingerprint density at radius 3 is 1.55 bits per heavy atom. The van der Waals surface area contributed by atoms with Gasteiger partial charge in [-0.2, -0.15) is 23.7 Å². The van der Waals surface area contributed by atoms with Crippen molar-refractivity contribution in [3.05, 3.63) is 133 Å². The van der Waals surface area contributed by atoms with E-state index < -0.39 is 11.7 Å². The Kier molecular flexibility index (Phi) is 6.64. The van der Waals surface area contributed by atoms with Crippen LogP contribution in [0.25, 0.3) is 37.8 Å². The van der Waals surface area contributed by atoms with Gasteiger partial charge < -0.3 is 0 Å². The molecular formula is C30H12F3N5. The van der Waals surface area contributed by atoms with E-state index in [2.05, 4.69) is 9.69 Å². The molecule has 0 heterocycles. The fourth-order valence-electron chi connectivity index (χ4n) is 3.99. The summed E-state index contributed by atoms with van der Waals surface area (Å²) in [5.74, 6) is 0. The minimum atomic E-state index is -4.51. The van der Waals surface area contributed by atoms with E-state index in [1.165, 1.54) is 12.1 Å². The van der Waals surface area contributed by atoms with Crippen LogP contribution in [0.15, 0.2) is 78.4 Å². The number of hydrogen-bond donors (Lipinski definition) is 0. The lowest BCUT2D eigenvalue weighted by atomic mass is 10.1. The maximum Gasteiger partial charge on any atom is 0.416 e. The topological polar surface area (TPSA) is 80.1 Å². The van der Waals surface area contributed by atoms with E-state index >= 15 is 0 Å². The van der Waals surface area contributed by atoms with Gasteiger partial charge in [-0.3, -0.25) is 0 Å². The first-order valence-electron chi connectivity index (χ1n) is 10.8. The molecule has 178 valence electrons. The van der Waals surface area contributed by atoms with Gasteiger partial charge in [0.05, 0.1) is 24.8 Å². The largest absolute Gasteiger partial charge is 0.416 e. The minimum Gasteiger partial charge on any atom is -0.237 e. The van der Waals surface area contributed by atoms with Gasteiger partial charge in [-0.15, -0.1) is 0 Å². The van der Waals surface area contributed by atoms with E-state index in [1.807, 2.05) is 18.2 Å². The van der Waals surface area contributed by atoms with Crippen LogP contribution in [0.1, 0.15) is 11.1 Å². The van der Waals surface area contributed by atoms with Gasteiger partial charge in [-0.25, -0.2) is 15.0 Å². The van der Waals surface area contributed by atoms with Gasteiger partial charge >= 0.3 is 6.18 Å². The number of alkyl halides is 3. The van der Waals surface area contributed by atoms with Crippen molar-refractivity contribution in [2.24, 2.45) is 0 Å². The lowest BCUT2D eigenvalue weighted by Crippen LogP contribution is -2.10. The molecule has 1 aliphatic carbocycles. The first-order chi connectivity index (χ1) is 18.3. The number of halogens is 3. The Morgan fingerprint density at radius 1 is 0.658 bits per heavy atom. The second-order valence-corrected chi connectivity index (χ2v) is 7.99. The fourth-order valence-corrected chi connectivity index (χ4v) is 3.99. The summed E-state index contributed by atoms with van der Waals surface area (Å²) >= 11 is 0. The van der Waals surface area contributed by atoms with Crippen molar-refractivity contribution in [1.29, 1.82) is 15.8 Å². The highest BCUT2D eigenvalue weighted by Gasteiger charge is 2.35. The smallest absolute Gasteiger partial charge is 0.237 e. The van der Waals surface area contributed by atoms with Gasteiger partial charge in [0.2, 0.25) is 5.70 Å². The zero-order chi connectivity index (χ0) is 27.4. The second kappa shape index (κ2) is 10.0. The monoisotopic (exact) mass is 499 g/mol. The van der Waals surface area contributed by atoms with E-state index in [9.17, 15) is 13.2 Å². The molecule has 0 spiro atoms. The molecular weight excluding hydrogens is 487 g/mol. The molecule has 0 atom stereocenters. The van der Waals surface area contributed by atoms with Crippen LogP contribution in [0.5, 0.6) is 0 Å². The maximum atomic E-state index is 13.1. The first kappa shape index (κ1) is 25.2. The highest BCUT2D eigenvalue weighted by atomic mass is 19.4. The van der Waals surface area contributed by atoms with Crippen LogP contribution in [0, 0.1) is 47.1 Å². The summed E-state index contributed by atoms with van der Waals surface area (Å²) in [5.41, 5.74) is 1.49. The quantitative estimate of drug-likeness (QED) is 0.478.